The maximum Gasteiger partial charge on any atom is 1.00 e. The number of nitrogens with zero attached hydrogens (tertiary/aromatic N) is 1. The van der Waals surface area contributed by atoms with Gasteiger partial charge in [-0.25, -0.2) is 4.98 Å². The van der Waals surface area contributed by atoms with E-state index in [4.69, 9.17) is 0 Å². The summed E-state index contributed by atoms with van der Waals surface area (Å²) >= 11 is 1.70. The summed E-state index contributed by atoms with van der Waals surface area (Å²) < 4.78 is 0. The fourth-order valence-electron chi connectivity index (χ4n) is 2.34. The van der Waals surface area contributed by atoms with E-state index in [2.05, 4.69) is 31.1 Å². The van der Waals surface area contributed by atoms with Crippen LogP contribution in [0.4, 0.5) is 0 Å². The van der Waals surface area contributed by atoms with E-state index in [9.17, 15) is 9.90 Å². The summed E-state index contributed by atoms with van der Waals surface area (Å²) in [6.07, 6.45) is 1.92. The molecule has 1 atom stereocenters. The maximum absolute atomic E-state index is 11.0. The van der Waals surface area contributed by atoms with Crippen molar-refractivity contribution in [3.8, 4) is 0 Å². The van der Waals surface area contributed by atoms with Gasteiger partial charge in [0, 0.05) is 41.5 Å². The first kappa shape index (κ1) is 21.3. The van der Waals surface area contributed by atoms with Crippen LogP contribution in [-0.4, -0.2) is 17.5 Å². The number of carbonyl (C=O) groups is 1. The molecule has 1 N–H and O–H groups in total. The Bertz CT molecular complexity index is 638. The van der Waals surface area contributed by atoms with Crippen LogP contribution in [-0.2, 0) is 16.8 Å². The molecule has 0 saturated carbocycles. The molecule has 6 heteroatoms. The van der Waals surface area contributed by atoms with Crippen LogP contribution in [0.1, 0.15) is 48.6 Å². The van der Waals surface area contributed by atoms with Crippen molar-refractivity contribution in [3.63, 3.8) is 0 Å². The molecule has 2 aromatic rings. The number of hydrogen-bond donors (Lipinski definition) is 1. The topological polar surface area (TPSA) is 65.0 Å². The minimum absolute atomic E-state index is 0. The molecular weight excluding hydrogens is 331 g/mol. The Morgan fingerprint density at radius 1 is 1.29 bits per heavy atom. The van der Waals surface area contributed by atoms with Crippen LogP contribution in [0.15, 0.2) is 36.5 Å². The van der Waals surface area contributed by atoms with Gasteiger partial charge in [0.15, 0.2) is 0 Å². The van der Waals surface area contributed by atoms with Gasteiger partial charge in [0.25, 0.3) is 0 Å². The third-order valence-electron chi connectivity index (χ3n) is 3.57. The third-order valence-corrected chi connectivity index (χ3v) is 4.99. The monoisotopic (exact) mass is 354 g/mol. The van der Waals surface area contributed by atoms with E-state index in [0.29, 0.717) is 13.1 Å². The second kappa shape index (κ2) is 9.68. The normalized spacial score (nSPS) is 12.5. The van der Waals surface area contributed by atoms with E-state index >= 15 is 0 Å². The molecule has 1 aromatic heterocycles. The minimum atomic E-state index is -1.02. The van der Waals surface area contributed by atoms with E-state index in [-0.39, 0.29) is 47.3 Å². The summed E-state index contributed by atoms with van der Waals surface area (Å²) in [5.41, 5.74) is 1.08. The van der Waals surface area contributed by atoms with Gasteiger partial charge in [0.1, 0.15) is 0 Å². The maximum atomic E-state index is 11.0. The number of aliphatic carboxylic acids is 1. The van der Waals surface area contributed by atoms with Gasteiger partial charge in [-0.15, -0.1) is 11.3 Å². The minimum Gasteiger partial charge on any atom is -0.550 e. The number of rotatable bonds is 7. The summed E-state index contributed by atoms with van der Waals surface area (Å²) in [6, 6.07) is 9.70. The summed E-state index contributed by atoms with van der Waals surface area (Å²) in [5, 5.41) is 15.4. The van der Waals surface area contributed by atoms with E-state index in [0.717, 1.165) is 15.4 Å². The van der Waals surface area contributed by atoms with Crippen molar-refractivity contribution in [2.75, 3.05) is 6.54 Å². The SMILES string of the molecule is CC(C)(C)c1ncc(CNCC(CC(=O)[O-])c2ccccc2)s1.[Na+]. The van der Waals surface area contributed by atoms with Gasteiger partial charge in [0.05, 0.1) is 5.01 Å². The molecule has 24 heavy (non-hydrogen) atoms. The Hall–Kier alpha value is -0.720. The molecule has 4 nitrogen and oxygen atoms in total. The number of aromatic nitrogens is 1. The van der Waals surface area contributed by atoms with Crippen LogP contribution in [0.3, 0.4) is 0 Å². The first-order chi connectivity index (χ1) is 10.9. The molecule has 0 radical (unpaired) electrons. The van der Waals surface area contributed by atoms with Crippen LogP contribution in [0.5, 0.6) is 0 Å². The second-order valence-corrected chi connectivity index (χ2v) is 7.81. The Balaban J connectivity index is 0.00000288. The zero-order valence-electron chi connectivity index (χ0n) is 14.8. The van der Waals surface area contributed by atoms with E-state index in [1.807, 2.05) is 36.5 Å². The number of benzene rings is 1. The van der Waals surface area contributed by atoms with Gasteiger partial charge in [-0.3, -0.25) is 0 Å². The third kappa shape index (κ3) is 6.65. The molecule has 0 amide bonds. The predicted octanol–water partition coefficient (Wildman–Crippen LogP) is -0.542. The Labute approximate surface area is 170 Å². The molecule has 0 spiro atoms. The molecule has 1 aromatic carbocycles. The molecule has 1 heterocycles. The molecule has 0 aliphatic carbocycles. The van der Waals surface area contributed by atoms with Crippen molar-refractivity contribution in [3.05, 3.63) is 52.0 Å². The van der Waals surface area contributed by atoms with Crippen LogP contribution < -0.4 is 40.0 Å². The van der Waals surface area contributed by atoms with E-state index < -0.39 is 5.97 Å². The molecule has 0 bridgehead atoms. The molecule has 0 aliphatic rings. The van der Waals surface area contributed by atoms with Crippen molar-refractivity contribution < 1.29 is 39.5 Å². The first-order valence-corrected chi connectivity index (χ1v) is 8.58. The smallest absolute Gasteiger partial charge is 0.550 e. The van der Waals surface area contributed by atoms with Crippen LogP contribution >= 0.6 is 11.3 Å². The number of thiazole rings is 1. The molecule has 1 unspecified atom stereocenters. The molecule has 0 saturated heterocycles. The Morgan fingerprint density at radius 3 is 2.50 bits per heavy atom. The van der Waals surface area contributed by atoms with E-state index in [1.165, 1.54) is 0 Å². The summed E-state index contributed by atoms with van der Waals surface area (Å²) in [6.45, 7) is 7.74. The summed E-state index contributed by atoms with van der Waals surface area (Å²) in [5.74, 6) is -1.11. The molecule has 0 aliphatic heterocycles. The zero-order chi connectivity index (χ0) is 16.9. The van der Waals surface area contributed by atoms with Crippen molar-refractivity contribution >= 4 is 17.3 Å². The van der Waals surface area contributed by atoms with Gasteiger partial charge in [0.2, 0.25) is 0 Å². The van der Waals surface area contributed by atoms with E-state index in [1.54, 1.807) is 11.3 Å². The average Bonchev–Trinajstić information content (AvgIpc) is 2.96. The number of hydrogen-bond acceptors (Lipinski definition) is 5. The van der Waals surface area contributed by atoms with Crippen molar-refractivity contribution in [1.82, 2.24) is 10.3 Å². The second-order valence-electron chi connectivity index (χ2n) is 6.70. The Morgan fingerprint density at radius 2 is 1.96 bits per heavy atom. The Kier molecular flexibility index (Phi) is 8.60. The van der Waals surface area contributed by atoms with Gasteiger partial charge in [-0.05, 0) is 12.0 Å². The largest absolute Gasteiger partial charge is 1.00 e. The summed E-state index contributed by atoms with van der Waals surface area (Å²) in [4.78, 5) is 16.6. The number of carboxylic acids is 1. The van der Waals surface area contributed by atoms with Crippen LogP contribution in [0.2, 0.25) is 0 Å². The van der Waals surface area contributed by atoms with Crippen molar-refractivity contribution in [2.24, 2.45) is 0 Å². The standard InChI is InChI=1S/C18H24N2O2S.Na/c1-18(2,3)17-20-12-15(23-17)11-19-10-14(9-16(21)22)13-7-5-4-6-8-13;/h4-8,12,14,19H,9-11H2,1-3H3,(H,21,22);/q;+1/p-1. The predicted molar refractivity (Wildman–Crippen MR) is 91.3 cm³/mol. The number of nitrogens with one attached hydrogen (secondary N) is 1. The summed E-state index contributed by atoms with van der Waals surface area (Å²) in [7, 11) is 0. The molecular formula is C18H23N2NaO2S. The fourth-order valence-corrected chi connectivity index (χ4v) is 3.28. The first-order valence-electron chi connectivity index (χ1n) is 7.77. The van der Waals surface area contributed by atoms with Gasteiger partial charge < -0.3 is 15.2 Å². The van der Waals surface area contributed by atoms with Gasteiger partial charge >= 0.3 is 29.6 Å². The molecule has 124 valence electrons. The van der Waals surface area contributed by atoms with Crippen molar-refractivity contribution in [1.29, 1.82) is 0 Å². The van der Waals surface area contributed by atoms with Gasteiger partial charge in [-0.2, -0.15) is 0 Å². The van der Waals surface area contributed by atoms with Crippen LogP contribution in [0.25, 0.3) is 0 Å². The number of carboxylic acid groups (broad SMARTS) is 1. The molecule has 0 fully saturated rings. The van der Waals surface area contributed by atoms with Crippen LogP contribution in [0, 0.1) is 0 Å². The molecule has 2 rings (SSSR count). The number of carbonyl (C=O) groups excluding carboxylic acids is 1. The van der Waals surface area contributed by atoms with Gasteiger partial charge in [-0.1, -0.05) is 51.1 Å². The zero-order valence-corrected chi connectivity index (χ0v) is 17.7. The average molecular weight is 354 g/mol. The fraction of sp³-hybridized carbons (Fsp3) is 0.444. The quantitative estimate of drug-likeness (QED) is 0.678. The van der Waals surface area contributed by atoms with Crippen molar-refractivity contribution in [2.45, 2.75) is 45.1 Å².